The van der Waals surface area contributed by atoms with Crippen molar-refractivity contribution in [2.75, 3.05) is 0 Å². The lowest BCUT2D eigenvalue weighted by atomic mass is 10.1. The van der Waals surface area contributed by atoms with Gasteiger partial charge in [0.15, 0.2) is 20.2 Å². The van der Waals surface area contributed by atoms with Crippen molar-refractivity contribution in [2.45, 2.75) is 23.7 Å². The van der Waals surface area contributed by atoms with Crippen LogP contribution in [0.4, 0.5) is 17.6 Å². The van der Waals surface area contributed by atoms with E-state index in [0.717, 1.165) is 12.1 Å². The third-order valence-electron chi connectivity index (χ3n) is 2.94. The van der Waals surface area contributed by atoms with E-state index in [9.17, 15) is 53.1 Å². The zero-order valence-electron chi connectivity index (χ0n) is 13.1. The quantitative estimate of drug-likeness (QED) is 0.299. The molecule has 1 rings (SSSR count). The van der Waals surface area contributed by atoms with Gasteiger partial charge in [0.25, 0.3) is 0 Å². The van der Waals surface area contributed by atoms with Gasteiger partial charge >= 0.3 is 22.4 Å². The number of halogens is 4. The van der Waals surface area contributed by atoms with E-state index in [-0.39, 0.29) is 11.1 Å². The molecule has 0 amide bonds. The zero-order chi connectivity index (χ0) is 22.0. The summed E-state index contributed by atoms with van der Waals surface area (Å²) in [6, 6.07) is 4.58. The molecule has 0 unspecified atom stereocenters. The Hall–Kier alpha value is -2.30. The van der Waals surface area contributed by atoms with E-state index in [4.69, 9.17) is 0 Å². The molecular weight excluding hydrogens is 444 g/mol. The van der Waals surface area contributed by atoms with Crippen molar-refractivity contribution in [3.63, 3.8) is 0 Å². The Bertz CT molecular complexity index is 893. The van der Waals surface area contributed by atoms with Gasteiger partial charge in [-0.3, -0.25) is 0 Å². The summed E-state index contributed by atoms with van der Waals surface area (Å²) in [6.45, 7) is -2.18. The topological polar surface area (TPSA) is 167 Å². The minimum Gasteiger partial charge on any atom is -0.743 e. The number of rotatable bonds is 8. The van der Waals surface area contributed by atoms with Crippen LogP contribution in [0.25, 0.3) is 0 Å². The zero-order valence-corrected chi connectivity index (χ0v) is 14.8. The van der Waals surface area contributed by atoms with E-state index in [0.29, 0.717) is 0 Å². The Labute approximate surface area is 154 Å². The van der Waals surface area contributed by atoms with Gasteiger partial charge in [0.2, 0.25) is 0 Å². The number of hydrogen-bond acceptors (Lipinski definition) is 10. The van der Waals surface area contributed by atoms with Crippen molar-refractivity contribution >= 4 is 32.2 Å². The summed E-state index contributed by atoms with van der Waals surface area (Å²) in [6.07, 6.45) is 0. The fraction of sp³-hybridized carbons (Fsp3) is 0.333. The number of ether oxygens (including phenoxy) is 2. The average Bonchev–Trinajstić information content (AvgIpc) is 2.55. The van der Waals surface area contributed by atoms with Gasteiger partial charge in [0, 0.05) is 0 Å². The number of esters is 2. The summed E-state index contributed by atoms with van der Waals surface area (Å²) in [5.41, 5.74) is -0.507. The molecule has 0 aromatic heterocycles. The summed E-state index contributed by atoms with van der Waals surface area (Å²) < 4.78 is 122. The van der Waals surface area contributed by atoms with Crippen molar-refractivity contribution < 1.29 is 62.6 Å². The van der Waals surface area contributed by atoms with Gasteiger partial charge in [-0.2, -0.15) is 17.6 Å². The Balaban J connectivity index is 2.90. The second kappa shape index (κ2) is 7.98. The van der Waals surface area contributed by atoms with Gasteiger partial charge in [-0.25, -0.2) is 26.4 Å². The molecule has 0 aliphatic rings. The molecule has 0 saturated carbocycles. The Morgan fingerprint density at radius 2 is 1.07 bits per heavy atom. The molecule has 10 nitrogen and oxygen atoms in total. The maximum Gasteiger partial charge on any atom is 0.428 e. The molecule has 1 aromatic carbocycles. The lowest BCUT2D eigenvalue weighted by Crippen LogP contribution is -2.39. The van der Waals surface area contributed by atoms with E-state index < -0.39 is 55.9 Å². The van der Waals surface area contributed by atoms with Crippen LogP contribution in [0, 0.1) is 0 Å². The van der Waals surface area contributed by atoms with Crippen molar-refractivity contribution in [3.05, 3.63) is 35.4 Å². The second-order valence-electron chi connectivity index (χ2n) is 4.86. The summed E-state index contributed by atoms with van der Waals surface area (Å²) in [4.78, 5) is 22.1. The molecule has 0 spiro atoms. The predicted octanol–water partition coefficient (Wildman–Crippen LogP) is 0.0490. The van der Waals surface area contributed by atoms with Gasteiger partial charge in [-0.05, 0) is 11.1 Å². The Morgan fingerprint density at radius 3 is 1.32 bits per heavy atom. The second-order valence-corrected chi connectivity index (χ2v) is 7.70. The van der Waals surface area contributed by atoms with Crippen molar-refractivity contribution in [1.82, 2.24) is 0 Å². The van der Waals surface area contributed by atoms with Crippen LogP contribution in [0.15, 0.2) is 24.3 Å². The van der Waals surface area contributed by atoms with Crippen LogP contribution in [0.2, 0.25) is 0 Å². The molecule has 0 fully saturated rings. The van der Waals surface area contributed by atoms with Crippen LogP contribution in [0.5, 0.6) is 0 Å². The van der Waals surface area contributed by atoms with Crippen LogP contribution < -0.4 is 0 Å². The van der Waals surface area contributed by atoms with Crippen molar-refractivity contribution in [2.24, 2.45) is 0 Å². The smallest absolute Gasteiger partial charge is 0.428 e. The highest BCUT2D eigenvalue weighted by Crippen LogP contribution is 2.25. The molecule has 0 saturated heterocycles. The van der Waals surface area contributed by atoms with Gasteiger partial charge < -0.3 is 18.6 Å². The first-order valence-electron chi connectivity index (χ1n) is 6.59. The number of carbonyl (C=O) groups excluding carboxylic acids is 2. The fourth-order valence-electron chi connectivity index (χ4n) is 1.50. The van der Waals surface area contributed by atoms with Crippen LogP contribution in [-0.4, -0.2) is 48.4 Å². The number of hydrogen-bond donors (Lipinski definition) is 0. The van der Waals surface area contributed by atoms with Gasteiger partial charge in [0.05, 0.1) is 0 Å². The highest BCUT2D eigenvalue weighted by atomic mass is 32.2. The first-order chi connectivity index (χ1) is 12.5. The molecule has 0 bridgehead atoms. The summed E-state index contributed by atoms with van der Waals surface area (Å²) in [5.74, 6) is -5.42. The first kappa shape index (κ1) is 23.7. The van der Waals surface area contributed by atoms with E-state index in [1.54, 1.807) is 0 Å². The van der Waals surface area contributed by atoms with Crippen molar-refractivity contribution in [3.8, 4) is 0 Å². The molecule has 158 valence electrons. The minimum atomic E-state index is -6.36. The molecule has 0 N–H and O–H groups in total. The lowest BCUT2D eigenvalue weighted by Gasteiger charge is -2.19. The van der Waals surface area contributed by atoms with Crippen LogP contribution in [-0.2, 0) is 52.5 Å². The monoisotopic (exact) mass is 452 g/mol. The molecule has 0 atom stereocenters. The first-order valence-corrected chi connectivity index (χ1v) is 9.41. The highest BCUT2D eigenvalue weighted by Gasteiger charge is 2.49. The van der Waals surface area contributed by atoms with E-state index >= 15 is 0 Å². The SMILES string of the molecule is O=C(OCc1ccccc1COC(=O)C(F)(F)S(=O)(=O)[O-])C(F)(F)S(=O)(=O)[O-]. The number of carbonyl (C=O) groups is 2. The molecule has 1 aromatic rings. The predicted molar refractivity (Wildman–Crippen MR) is 75.3 cm³/mol. The number of alkyl halides is 4. The van der Waals surface area contributed by atoms with Gasteiger partial charge in [0.1, 0.15) is 13.2 Å². The maximum absolute atomic E-state index is 13.0. The molecule has 0 radical (unpaired) electrons. The molecule has 0 heterocycles. The maximum atomic E-state index is 13.0. The van der Waals surface area contributed by atoms with Crippen LogP contribution in [0.1, 0.15) is 11.1 Å². The third-order valence-corrected chi connectivity index (χ3v) is 4.53. The van der Waals surface area contributed by atoms with Crippen LogP contribution >= 0.6 is 0 Å². The van der Waals surface area contributed by atoms with Gasteiger partial charge in [-0.15, -0.1) is 0 Å². The Morgan fingerprint density at radius 1 is 0.786 bits per heavy atom. The molecule has 0 aliphatic heterocycles. The van der Waals surface area contributed by atoms with E-state index in [1.807, 2.05) is 0 Å². The van der Waals surface area contributed by atoms with Crippen LogP contribution in [0.3, 0.4) is 0 Å². The largest absolute Gasteiger partial charge is 0.743 e. The van der Waals surface area contributed by atoms with E-state index in [2.05, 4.69) is 9.47 Å². The standard InChI is InChI=1S/C12H10F4O10S2/c13-11(14,27(19,20)21)9(17)25-5-7-3-1-2-4-8(7)6-26-10(18)12(15,16)28(22,23)24/h1-4H,5-6H2,(H,19,20,21)(H,22,23,24)/p-2. The summed E-state index contributed by atoms with van der Waals surface area (Å²) in [5, 5.41) is -10.8. The van der Waals surface area contributed by atoms with Crippen molar-refractivity contribution in [1.29, 1.82) is 0 Å². The average molecular weight is 452 g/mol. The third kappa shape index (κ3) is 5.15. The Kier molecular flexibility index (Phi) is 6.76. The normalized spacial score (nSPS) is 13.1. The molecule has 16 heteroatoms. The highest BCUT2D eigenvalue weighted by molar-refractivity contribution is 7.87. The summed E-state index contributed by atoms with van der Waals surface area (Å²) >= 11 is 0. The lowest BCUT2D eigenvalue weighted by molar-refractivity contribution is -0.164. The van der Waals surface area contributed by atoms with Gasteiger partial charge in [-0.1, -0.05) is 24.3 Å². The minimum absolute atomic E-state index is 0.254. The van der Waals surface area contributed by atoms with E-state index in [1.165, 1.54) is 12.1 Å². The summed E-state index contributed by atoms with van der Waals surface area (Å²) in [7, 11) is -12.7. The fourth-order valence-corrected chi connectivity index (χ4v) is 2.02. The molecular formula is C12H8F4O10S2-2. The number of benzene rings is 1. The molecule has 28 heavy (non-hydrogen) atoms. The molecule has 0 aliphatic carbocycles.